The summed E-state index contributed by atoms with van der Waals surface area (Å²) in [5.74, 6) is 0.0446. The molecule has 0 aromatic heterocycles. The van der Waals surface area contributed by atoms with Crippen molar-refractivity contribution in [3.63, 3.8) is 0 Å². The van der Waals surface area contributed by atoms with Crippen molar-refractivity contribution < 1.29 is 19.4 Å². The zero-order chi connectivity index (χ0) is 16.7. The van der Waals surface area contributed by atoms with Gasteiger partial charge in [-0.3, -0.25) is 4.90 Å². The number of nitrogens with zero attached hydrogens (tertiary/aromatic N) is 1. The maximum absolute atomic E-state index is 11.0. The highest BCUT2D eigenvalue weighted by molar-refractivity contribution is 5.88. The van der Waals surface area contributed by atoms with Crippen LogP contribution in [0.5, 0.6) is 11.5 Å². The number of carboxylic acid groups (broad SMARTS) is 1. The molecule has 1 aliphatic carbocycles. The van der Waals surface area contributed by atoms with Crippen molar-refractivity contribution >= 4 is 5.97 Å². The Morgan fingerprint density at radius 2 is 2.13 bits per heavy atom. The molecule has 1 saturated carbocycles. The zero-order valence-corrected chi connectivity index (χ0v) is 13.9. The molecular formula is C17H26N2O4. The summed E-state index contributed by atoms with van der Waals surface area (Å²) in [6, 6.07) is 5.39. The van der Waals surface area contributed by atoms with Gasteiger partial charge in [-0.05, 0) is 37.6 Å². The standard InChI is InChI=1S/C17H26N2O4/c1-3-19(9-8-18-14-5-6-14)10-11-23-15-7-4-13(17(20)21)12-16(15)22-2/h4,7,12,14,18H,3,5-6,8-11H2,1-2H3,(H,20,21). The molecule has 6 nitrogen and oxygen atoms in total. The van der Waals surface area contributed by atoms with E-state index in [1.165, 1.54) is 32.1 Å². The number of benzene rings is 1. The van der Waals surface area contributed by atoms with Gasteiger partial charge in [0.05, 0.1) is 12.7 Å². The van der Waals surface area contributed by atoms with Crippen LogP contribution in [0.3, 0.4) is 0 Å². The van der Waals surface area contributed by atoms with Gasteiger partial charge in [0.1, 0.15) is 6.61 Å². The molecule has 128 valence electrons. The molecule has 2 rings (SSSR count). The van der Waals surface area contributed by atoms with Gasteiger partial charge in [0, 0.05) is 25.7 Å². The Morgan fingerprint density at radius 3 is 2.74 bits per heavy atom. The Labute approximate surface area is 137 Å². The molecule has 1 aliphatic rings. The summed E-state index contributed by atoms with van der Waals surface area (Å²) < 4.78 is 11.0. The van der Waals surface area contributed by atoms with E-state index in [-0.39, 0.29) is 5.56 Å². The zero-order valence-electron chi connectivity index (χ0n) is 13.9. The lowest BCUT2D eigenvalue weighted by Crippen LogP contribution is -2.35. The number of ether oxygens (including phenoxy) is 2. The van der Waals surface area contributed by atoms with Crippen LogP contribution in [0.15, 0.2) is 18.2 Å². The predicted molar refractivity (Wildman–Crippen MR) is 88.6 cm³/mol. The number of rotatable bonds is 11. The van der Waals surface area contributed by atoms with Gasteiger partial charge in [0.2, 0.25) is 0 Å². The second-order valence-corrected chi connectivity index (χ2v) is 5.68. The van der Waals surface area contributed by atoms with Crippen LogP contribution in [0.25, 0.3) is 0 Å². The van der Waals surface area contributed by atoms with Crippen LogP contribution >= 0.6 is 0 Å². The fourth-order valence-corrected chi connectivity index (χ4v) is 2.35. The van der Waals surface area contributed by atoms with Crippen LogP contribution in [-0.2, 0) is 0 Å². The average Bonchev–Trinajstić information content (AvgIpc) is 3.37. The van der Waals surface area contributed by atoms with E-state index in [2.05, 4.69) is 17.1 Å². The molecule has 1 aromatic rings. The molecule has 0 aliphatic heterocycles. The first-order chi connectivity index (χ1) is 11.1. The molecule has 0 saturated heterocycles. The van der Waals surface area contributed by atoms with Gasteiger partial charge in [0.25, 0.3) is 0 Å². The fourth-order valence-electron chi connectivity index (χ4n) is 2.35. The first-order valence-electron chi connectivity index (χ1n) is 8.14. The van der Waals surface area contributed by atoms with Crippen LogP contribution < -0.4 is 14.8 Å². The first kappa shape index (κ1) is 17.6. The monoisotopic (exact) mass is 322 g/mol. The Balaban J connectivity index is 1.78. The minimum atomic E-state index is -0.977. The maximum Gasteiger partial charge on any atom is 0.335 e. The highest BCUT2D eigenvalue weighted by Gasteiger charge is 2.20. The maximum atomic E-state index is 11.0. The van der Waals surface area contributed by atoms with Gasteiger partial charge in [0.15, 0.2) is 11.5 Å². The van der Waals surface area contributed by atoms with Crippen molar-refractivity contribution in [1.82, 2.24) is 10.2 Å². The SMILES string of the molecule is CCN(CCNC1CC1)CCOc1ccc(C(=O)O)cc1OC. The molecule has 2 N–H and O–H groups in total. The smallest absolute Gasteiger partial charge is 0.335 e. The topological polar surface area (TPSA) is 71.0 Å². The van der Waals surface area contributed by atoms with Crippen LogP contribution in [-0.4, -0.2) is 61.9 Å². The minimum absolute atomic E-state index is 0.190. The molecule has 0 spiro atoms. The molecule has 0 atom stereocenters. The molecule has 0 radical (unpaired) electrons. The molecule has 0 unspecified atom stereocenters. The van der Waals surface area contributed by atoms with E-state index >= 15 is 0 Å². The van der Waals surface area contributed by atoms with Crippen LogP contribution in [0.2, 0.25) is 0 Å². The van der Waals surface area contributed by atoms with E-state index < -0.39 is 5.97 Å². The van der Waals surface area contributed by atoms with Gasteiger partial charge < -0.3 is 19.9 Å². The minimum Gasteiger partial charge on any atom is -0.493 e. The number of nitrogens with one attached hydrogen (secondary N) is 1. The molecular weight excluding hydrogens is 296 g/mol. The Hall–Kier alpha value is -1.79. The quantitative estimate of drug-likeness (QED) is 0.648. The van der Waals surface area contributed by atoms with Crippen molar-refractivity contribution in [2.24, 2.45) is 0 Å². The molecule has 6 heteroatoms. The third-order valence-corrected chi connectivity index (χ3v) is 3.96. The van der Waals surface area contributed by atoms with E-state index in [0.29, 0.717) is 18.1 Å². The Morgan fingerprint density at radius 1 is 1.35 bits per heavy atom. The van der Waals surface area contributed by atoms with Crippen LogP contribution in [0.4, 0.5) is 0 Å². The van der Waals surface area contributed by atoms with E-state index in [4.69, 9.17) is 14.6 Å². The Bertz CT molecular complexity index is 517. The third-order valence-electron chi connectivity index (χ3n) is 3.96. The van der Waals surface area contributed by atoms with Crippen molar-refractivity contribution in [1.29, 1.82) is 0 Å². The van der Waals surface area contributed by atoms with Crippen molar-refractivity contribution in [3.05, 3.63) is 23.8 Å². The number of likely N-dealkylation sites (N-methyl/N-ethyl adjacent to an activating group) is 1. The van der Waals surface area contributed by atoms with Gasteiger partial charge >= 0.3 is 5.97 Å². The largest absolute Gasteiger partial charge is 0.493 e. The summed E-state index contributed by atoms with van der Waals surface area (Å²) in [6.45, 7) is 6.50. The molecule has 0 amide bonds. The Kier molecular flexibility index (Phi) is 6.67. The van der Waals surface area contributed by atoms with Crippen molar-refractivity contribution in [2.45, 2.75) is 25.8 Å². The first-order valence-corrected chi connectivity index (χ1v) is 8.14. The predicted octanol–water partition coefficient (Wildman–Crippen LogP) is 1.85. The lowest BCUT2D eigenvalue weighted by Gasteiger charge is -2.21. The average molecular weight is 322 g/mol. The molecule has 0 bridgehead atoms. The summed E-state index contributed by atoms with van der Waals surface area (Å²) in [4.78, 5) is 13.3. The number of carbonyl (C=O) groups is 1. The van der Waals surface area contributed by atoms with Crippen LogP contribution in [0.1, 0.15) is 30.1 Å². The third kappa shape index (κ3) is 5.73. The van der Waals surface area contributed by atoms with E-state index in [1.54, 1.807) is 6.07 Å². The van der Waals surface area contributed by atoms with E-state index in [1.807, 2.05) is 0 Å². The van der Waals surface area contributed by atoms with Crippen LogP contribution in [0, 0.1) is 0 Å². The van der Waals surface area contributed by atoms with Crippen molar-refractivity contribution in [3.8, 4) is 11.5 Å². The molecule has 23 heavy (non-hydrogen) atoms. The van der Waals surface area contributed by atoms with Crippen molar-refractivity contribution in [2.75, 3.05) is 39.9 Å². The fraction of sp³-hybridized carbons (Fsp3) is 0.588. The van der Waals surface area contributed by atoms with Gasteiger partial charge in [-0.2, -0.15) is 0 Å². The second-order valence-electron chi connectivity index (χ2n) is 5.68. The second kappa shape index (κ2) is 8.74. The molecule has 1 fully saturated rings. The summed E-state index contributed by atoms with van der Waals surface area (Å²) in [5, 5.41) is 12.5. The summed E-state index contributed by atoms with van der Waals surface area (Å²) in [7, 11) is 1.51. The van der Waals surface area contributed by atoms with Gasteiger partial charge in [-0.1, -0.05) is 6.92 Å². The molecule has 0 heterocycles. The van der Waals surface area contributed by atoms with E-state index in [0.717, 1.165) is 32.2 Å². The highest BCUT2D eigenvalue weighted by atomic mass is 16.5. The number of methoxy groups -OCH3 is 1. The van der Waals surface area contributed by atoms with Gasteiger partial charge in [-0.25, -0.2) is 4.79 Å². The van der Waals surface area contributed by atoms with E-state index in [9.17, 15) is 4.79 Å². The number of aromatic carboxylic acids is 1. The summed E-state index contributed by atoms with van der Waals surface area (Å²) in [5.41, 5.74) is 0.190. The number of hydrogen-bond acceptors (Lipinski definition) is 5. The summed E-state index contributed by atoms with van der Waals surface area (Å²) >= 11 is 0. The van der Waals surface area contributed by atoms with Gasteiger partial charge in [-0.15, -0.1) is 0 Å². The highest BCUT2D eigenvalue weighted by Crippen LogP contribution is 2.28. The lowest BCUT2D eigenvalue weighted by atomic mass is 10.2. The normalized spacial score (nSPS) is 14.0. The lowest BCUT2D eigenvalue weighted by molar-refractivity contribution is 0.0696. The number of carboxylic acids is 1. The summed E-state index contributed by atoms with van der Waals surface area (Å²) in [6.07, 6.45) is 2.61. The molecule has 1 aromatic carbocycles. The number of hydrogen-bond donors (Lipinski definition) is 2.